The van der Waals surface area contributed by atoms with Crippen LogP contribution in [-0.4, -0.2) is 46.1 Å². The minimum atomic E-state index is 0.312. The average molecular weight is 282 g/mol. The van der Waals surface area contributed by atoms with Gasteiger partial charge in [0.15, 0.2) is 5.11 Å². The molecule has 0 aliphatic carbocycles. The summed E-state index contributed by atoms with van der Waals surface area (Å²) in [4.78, 5) is 2.04. The van der Waals surface area contributed by atoms with Crippen LogP contribution in [0.25, 0.3) is 0 Å². The predicted molar refractivity (Wildman–Crippen MR) is 79.0 cm³/mol. The van der Waals surface area contributed by atoms with Crippen LogP contribution in [0.2, 0.25) is 0 Å². The van der Waals surface area contributed by atoms with Crippen molar-refractivity contribution in [3.8, 4) is 0 Å². The normalized spacial score (nSPS) is 18.6. The topological polar surface area (TPSA) is 42.3 Å². The lowest BCUT2D eigenvalue weighted by molar-refractivity contribution is 0.113. The van der Waals surface area contributed by atoms with E-state index in [0.717, 1.165) is 37.7 Å². The molecule has 1 aliphatic heterocycles. The maximum Gasteiger partial charge on any atom is 0.169 e. The summed E-state index contributed by atoms with van der Waals surface area (Å²) in [6, 6.07) is 0. The zero-order chi connectivity index (χ0) is 13.8. The molecule has 1 N–H and O–H groups in total. The predicted octanol–water partition coefficient (Wildman–Crippen LogP) is 1.21. The van der Waals surface area contributed by atoms with E-state index < -0.39 is 0 Å². The lowest BCUT2D eigenvalue weighted by Crippen LogP contribution is -2.40. The average Bonchev–Trinajstić information content (AvgIpc) is 3.01. The molecule has 1 aromatic rings. The van der Waals surface area contributed by atoms with E-state index in [9.17, 15) is 0 Å². The maximum absolute atomic E-state index is 5.57. The van der Waals surface area contributed by atoms with Crippen molar-refractivity contribution in [2.75, 3.05) is 20.2 Å². The molecule has 0 saturated carbocycles. The third-order valence-electron chi connectivity index (χ3n) is 3.60. The molecule has 1 aliphatic rings. The van der Waals surface area contributed by atoms with E-state index in [1.807, 2.05) is 29.9 Å². The van der Waals surface area contributed by atoms with Gasteiger partial charge in [-0.05, 0) is 32.0 Å². The molecule has 2 heterocycles. The first-order valence-corrected chi connectivity index (χ1v) is 7.07. The summed E-state index contributed by atoms with van der Waals surface area (Å²) in [6.07, 6.45) is 4.49. The van der Waals surface area contributed by atoms with Crippen molar-refractivity contribution in [2.24, 2.45) is 7.05 Å². The Balaban J connectivity index is 1.80. The summed E-state index contributed by atoms with van der Waals surface area (Å²) in [7, 11) is 3.95. The second kappa shape index (κ2) is 6.34. The van der Waals surface area contributed by atoms with Crippen LogP contribution >= 0.6 is 12.2 Å². The smallest absolute Gasteiger partial charge is 0.169 e. The molecule has 0 amide bonds. The number of hydrogen-bond acceptors (Lipinski definition) is 3. The van der Waals surface area contributed by atoms with Gasteiger partial charge in [-0.3, -0.25) is 4.68 Å². The number of ether oxygens (including phenoxy) is 1. The summed E-state index contributed by atoms with van der Waals surface area (Å²) >= 11 is 5.39. The second-order valence-electron chi connectivity index (χ2n) is 5.06. The van der Waals surface area contributed by atoms with Gasteiger partial charge in [0.1, 0.15) is 0 Å². The molecule has 106 valence electrons. The summed E-state index contributed by atoms with van der Waals surface area (Å²) < 4.78 is 7.45. The van der Waals surface area contributed by atoms with Crippen molar-refractivity contribution in [2.45, 2.75) is 32.4 Å². The van der Waals surface area contributed by atoms with Gasteiger partial charge in [0.05, 0.1) is 12.3 Å². The van der Waals surface area contributed by atoms with Gasteiger partial charge in [-0.15, -0.1) is 0 Å². The van der Waals surface area contributed by atoms with E-state index in [4.69, 9.17) is 17.0 Å². The summed E-state index contributed by atoms with van der Waals surface area (Å²) in [5.74, 6) is 0. The lowest BCUT2D eigenvalue weighted by Gasteiger charge is -2.22. The fraction of sp³-hybridized carbons (Fsp3) is 0.692. The van der Waals surface area contributed by atoms with E-state index in [0.29, 0.717) is 6.10 Å². The molecule has 5 nitrogen and oxygen atoms in total. The van der Waals surface area contributed by atoms with Crippen molar-refractivity contribution in [3.63, 3.8) is 0 Å². The number of rotatable bonds is 4. The first kappa shape index (κ1) is 14.3. The molecule has 0 radical (unpaired) electrons. The van der Waals surface area contributed by atoms with Crippen molar-refractivity contribution < 1.29 is 4.74 Å². The Morgan fingerprint density at radius 1 is 1.68 bits per heavy atom. The van der Waals surface area contributed by atoms with Crippen LogP contribution in [0.1, 0.15) is 24.1 Å². The van der Waals surface area contributed by atoms with Gasteiger partial charge < -0.3 is 15.0 Å². The van der Waals surface area contributed by atoms with Gasteiger partial charge in [-0.2, -0.15) is 5.10 Å². The molecular weight excluding hydrogens is 260 g/mol. The van der Waals surface area contributed by atoms with Gasteiger partial charge in [0, 0.05) is 45.0 Å². The first-order chi connectivity index (χ1) is 9.08. The van der Waals surface area contributed by atoms with Gasteiger partial charge in [0.25, 0.3) is 0 Å². The van der Waals surface area contributed by atoms with Gasteiger partial charge >= 0.3 is 0 Å². The van der Waals surface area contributed by atoms with Crippen LogP contribution < -0.4 is 5.32 Å². The molecule has 1 saturated heterocycles. The molecule has 0 aromatic carbocycles. The minimum Gasteiger partial charge on any atom is -0.376 e. The van der Waals surface area contributed by atoms with E-state index in [-0.39, 0.29) is 0 Å². The standard InChI is InChI=1S/C13H22N4OS/c1-10-11(7-15-17(10)3)9-16(2)13(19)14-8-12-5-4-6-18-12/h7,12H,4-6,8-9H2,1-3H3,(H,14,19). The number of nitrogens with one attached hydrogen (secondary N) is 1. The molecule has 0 spiro atoms. The number of thiocarbonyl (C=S) groups is 1. The number of aromatic nitrogens is 2. The van der Waals surface area contributed by atoms with Gasteiger partial charge in [0.2, 0.25) is 0 Å². The van der Waals surface area contributed by atoms with Gasteiger partial charge in [-0.1, -0.05) is 0 Å². The Morgan fingerprint density at radius 3 is 3.05 bits per heavy atom. The van der Waals surface area contributed by atoms with Crippen LogP contribution in [0, 0.1) is 6.92 Å². The SMILES string of the molecule is Cc1c(CN(C)C(=S)NCC2CCCO2)cnn1C. The molecular formula is C13H22N4OS. The van der Waals surface area contributed by atoms with E-state index in [1.54, 1.807) is 0 Å². The molecule has 6 heteroatoms. The Labute approximate surface area is 119 Å². The van der Waals surface area contributed by atoms with E-state index in [1.165, 1.54) is 11.3 Å². The maximum atomic E-state index is 5.57. The first-order valence-electron chi connectivity index (χ1n) is 6.66. The highest BCUT2D eigenvalue weighted by Crippen LogP contribution is 2.11. The number of hydrogen-bond donors (Lipinski definition) is 1. The molecule has 1 atom stereocenters. The summed E-state index contributed by atoms with van der Waals surface area (Å²) in [5, 5.41) is 8.28. The molecule has 2 rings (SSSR count). The summed E-state index contributed by atoms with van der Waals surface area (Å²) in [6.45, 7) is 4.52. The number of aryl methyl sites for hydroxylation is 1. The third-order valence-corrected chi connectivity index (χ3v) is 4.05. The Morgan fingerprint density at radius 2 is 2.47 bits per heavy atom. The lowest BCUT2D eigenvalue weighted by atomic mass is 10.2. The monoisotopic (exact) mass is 282 g/mol. The van der Waals surface area contributed by atoms with E-state index in [2.05, 4.69) is 17.3 Å². The highest BCUT2D eigenvalue weighted by molar-refractivity contribution is 7.80. The second-order valence-corrected chi connectivity index (χ2v) is 5.44. The van der Waals surface area contributed by atoms with Crippen molar-refractivity contribution in [1.29, 1.82) is 0 Å². The van der Waals surface area contributed by atoms with Crippen LogP contribution in [0.5, 0.6) is 0 Å². The molecule has 1 aromatic heterocycles. The van der Waals surface area contributed by atoms with Crippen LogP contribution in [0.15, 0.2) is 6.20 Å². The van der Waals surface area contributed by atoms with Crippen LogP contribution in [-0.2, 0) is 18.3 Å². The van der Waals surface area contributed by atoms with Crippen molar-refractivity contribution in [1.82, 2.24) is 20.0 Å². The minimum absolute atomic E-state index is 0.312. The Bertz CT molecular complexity index is 440. The van der Waals surface area contributed by atoms with Crippen LogP contribution in [0.4, 0.5) is 0 Å². The van der Waals surface area contributed by atoms with Crippen LogP contribution in [0.3, 0.4) is 0 Å². The largest absolute Gasteiger partial charge is 0.376 e. The third kappa shape index (κ3) is 3.67. The molecule has 1 fully saturated rings. The van der Waals surface area contributed by atoms with E-state index >= 15 is 0 Å². The fourth-order valence-electron chi connectivity index (χ4n) is 2.17. The Kier molecular flexibility index (Phi) is 4.76. The van der Waals surface area contributed by atoms with Crippen molar-refractivity contribution in [3.05, 3.63) is 17.5 Å². The molecule has 0 bridgehead atoms. The zero-order valence-corrected chi connectivity index (χ0v) is 12.7. The number of nitrogens with zero attached hydrogens (tertiary/aromatic N) is 3. The Hall–Kier alpha value is -1.14. The molecule has 19 heavy (non-hydrogen) atoms. The van der Waals surface area contributed by atoms with Crippen molar-refractivity contribution >= 4 is 17.3 Å². The highest BCUT2D eigenvalue weighted by atomic mass is 32.1. The fourth-order valence-corrected chi connectivity index (χ4v) is 2.32. The highest BCUT2D eigenvalue weighted by Gasteiger charge is 2.16. The quantitative estimate of drug-likeness (QED) is 0.841. The molecule has 1 unspecified atom stereocenters. The zero-order valence-electron chi connectivity index (χ0n) is 11.8. The summed E-state index contributed by atoms with van der Waals surface area (Å²) in [5.41, 5.74) is 2.38. The van der Waals surface area contributed by atoms with Gasteiger partial charge in [-0.25, -0.2) is 0 Å².